The minimum atomic E-state index is 0.261. The minimum Gasteiger partial charge on any atom is -0.375 e. The first-order chi connectivity index (χ1) is 9.99. The monoisotopic (exact) mass is 310 g/mol. The first kappa shape index (κ1) is 16.6. The van der Waals surface area contributed by atoms with Crippen LogP contribution >= 0.6 is 11.6 Å². The second kappa shape index (κ2) is 7.48. The second-order valence-electron chi connectivity index (χ2n) is 6.41. The third-order valence-electron chi connectivity index (χ3n) is 3.87. The molecule has 1 aromatic rings. The molecule has 1 aliphatic rings. The predicted molar refractivity (Wildman–Crippen MR) is 90.2 cm³/mol. The smallest absolute Gasteiger partial charge is 0.0723 e. The van der Waals surface area contributed by atoms with Crippen molar-refractivity contribution < 1.29 is 4.74 Å². The lowest BCUT2D eigenvalue weighted by Gasteiger charge is -2.39. The van der Waals surface area contributed by atoms with Crippen LogP contribution in [0.4, 0.5) is 5.69 Å². The summed E-state index contributed by atoms with van der Waals surface area (Å²) >= 11 is 6.45. The Morgan fingerprint density at radius 2 is 2.14 bits per heavy atom. The van der Waals surface area contributed by atoms with E-state index in [-0.39, 0.29) is 6.10 Å². The second-order valence-corrected chi connectivity index (χ2v) is 6.81. The van der Waals surface area contributed by atoms with Crippen LogP contribution < -0.4 is 10.2 Å². The molecular weight excluding hydrogens is 284 g/mol. The molecule has 1 aromatic carbocycles. The standard InChI is InChI=1S/C17H27ClN2O/c1-12(2)8-19-9-15-16(18)6-5-7-17(15)20-10-14(4)21-11-13(20)3/h5-7,12-14,19H,8-11H2,1-4H3. The molecule has 0 spiro atoms. The fraction of sp³-hybridized carbons (Fsp3) is 0.647. The van der Waals surface area contributed by atoms with E-state index in [9.17, 15) is 0 Å². The molecule has 2 rings (SSSR count). The van der Waals surface area contributed by atoms with E-state index in [1.54, 1.807) is 0 Å². The number of hydrogen-bond donors (Lipinski definition) is 1. The topological polar surface area (TPSA) is 24.5 Å². The zero-order valence-electron chi connectivity index (χ0n) is 13.5. The molecule has 118 valence electrons. The van der Waals surface area contributed by atoms with Crippen molar-refractivity contribution in [2.45, 2.75) is 46.4 Å². The maximum Gasteiger partial charge on any atom is 0.0723 e. The number of halogens is 1. The fourth-order valence-electron chi connectivity index (χ4n) is 2.72. The van der Waals surface area contributed by atoms with Crippen LogP contribution in [0.3, 0.4) is 0 Å². The maximum atomic E-state index is 6.45. The van der Waals surface area contributed by atoms with Crippen molar-refractivity contribution in [1.82, 2.24) is 5.32 Å². The van der Waals surface area contributed by atoms with Gasteiger partial charge in [-0.15, -0.1) is 0 Å². The lowest BCUT2D eigenvalue weighted by molar-refractivity contribution is 0.0343. The molecule has 0 saturated carbocycles. The summed E-state index contributed by atoms with van der Waals surface area (Å²) in [5.74, 6) is 0.637. The molecule has 0 bridgehead atoms. The molecule has 2 unspecified atom stereocenters. The van der Waals surface area contributed by atoms with Gasteiger partial charge in [0.05, 0.1) is 12.7 Å². The highest BCUT2D eigenvalue weighted by molar-refractivity contribution is 6.31. The van der Waals surface area contributed by atoms with Gasteiger partial charge in [0, 0.05) is 35.4 Å². The Bertz CT molecular complexity index is 464. The Morgan fingerprint density at radius 3 is 2.86 bits per heavy atom. The molecule has 1 heterocycles. The van der Waals surface area contributed by atoms with E-state index in [4.69, 9.17) is 16.3 Å². The average Bonchev–Trinajstić information content (AvgIpc) is 2.43. The van der Waals surface area contributed by atoms with Crippen LogP contribution in [0.1, 0.15) is 33.3 Å². The van der Waals surface area contributed by atoms with Gasteiger partial charge < -0.3 is 15.0 Å². The van der Waals surface area contributed by atoms with Crippen molar-refractivity contribution in [3.05, 3.63) is 28.8 Å². The van der Waals surface area contributed by atoms with Gasteiger partial charge in [-0.3, -0.25) is 0 Å². The van der Waals surface area contributed by atoms with E-state index < -0.39 is 0 Å². The zero-order valence-corrected chi connectivity index (χ0v) is 14.3. The van der Waals surface area contributed by atoms with Crippen LogP contribution in [0, 0.1) is 5.92 Å². The van der Waals surface area contributed by atoms with Crippen LogP contribution in [0.2, 0.25) is 5.02 Å². The summed E-state index contributed by atoms with van der Waals surface area (Å²) in [6.45, 7) is 12.3. The lowest BCUT2D eigenvalue weighted by atomic mass is 10.1. The summed E-state index contributed by atoms with van der Waals surface area (Å²) in [4.78, 5) is 2.42. The highest BCUT2D eigenvalue weighted by atomic mass is 35.5. The predicted octanol–water partition coefficient (Wildman–Crippen LogP) is 3.70. The van der Waals surface area contributed by atoms with Gasteiger partial charge in [0.2, 0.25) is 0 Å². The van der Waals surface area contributed by atoms with Gasteiger partial charge in [0.25, 0.3) is 0 Å². The van der Waals surface area contributed by atoms with E-state index in [0.29, 0.717) is 12.0 Å². The fourth-order valence-corrected chi connectivity index (χ4v) is 2.95. The van der Waals surface area contributed by atoms with Crippen LogP contribution in [-0.2, 0) is 11.3 Å². The number of morpholine rings is 1. The van der Waals surface area contributed by atoms with Gasteiger partial charge in [-0.1, -0.05) is 31.5 Å². The Labute approximate surface area is 133 Å². The number of anilines is 1. The quantitative estimate of drug-likeness (QED) is 0.897. The molecular formula is C17H27ClN2O. The normalized spacial score (nSPS) is 22.9. The Kier molecular flexibility index (Phi) is 5.91. The third kappa shape index (κ3) is 4.35. The van der Waals surface area contributed by atoms with E-state index in [1.807, 2.05) is 12.1 Å². The molecule has 0 amide bonds. The van der Waals surface area contributed by atoms with Gasteiger partial charge in [-0.2, -0.15) is 0 Å². The van der Waals surface area contributed by atoms with Crippen LogP contribution in [0.25, 0.3) is 0 Å². The summed E-state index contributed by atoms with van der Waals surface area (Å²) < 4.78 is 5.73. The molecule has 1 aliphatic heterocycles. The van der Waals surface area contributed by atoms with E-state index in [1.165, 1.54) is 11.3 Å². The Hall–Kier alpha value is -0.770. The summed E-state index contributed by atoms with van der Waals surface area (Å²) in [6.07, 6.45) is 0.261. The Balaban J connectivity index is 2.19. The van der Waals surface area contributed by atoms with Crippen molar-refractivity contribution >= 4 is 17.3 Å². The number of hydrogen-bond acceptors (Lipinski definition) is 3. The molecule has 0 aliphatic carbocycles. The van der Waals surface area contributed by atoms with Gasteiger partial charge in [0.15, 0.2) is 0 Å². The number of ether oxygens (including phenoxy) is 1. The van der Waals surface area contributed by atoms with Crippen LogP contribution in [0.5, 0.6) is 0 Å². The van der Waals surface area contributed by atoms with E-state index in [0.717, 1.165) is 31.3 Å². The van der Waals surface area contributed by atoms with Crippen molar-refractivity contribution in [2.24, 2.45) is 5.92 Å². The van der Waals surface area contributed by atoms with Gasteiger partial charge in [0.1, 0.15) is 0 Å². The summed E-state index contributed by atoms with van der Waals surface area (Å²) in [5, 5.41) is 4.35. The number of rotatable bonds is 5. The molecule has 4 heteroatoms. The molecule has 1 N–H and O–H groups in total. The summed E-state index contributed by atoms with van der Waals surface area (Å²) in [5.41, 5.74) is 2.43. The van der Waals surface area contributed by atoms with Gasteiger partial charge in [-0.25, -0.2) is 0 Å². The molecule has 1 fully saturated rings. The molecule has 0 radical (unpaired) electrons. The van der Waals surface area contributed by atoms with Crippen molar-refractivity contribution in [1.29, 1.82) is 0 Å². The first-order valence-corrected chi connectivity index (χ1v) is 8.23. The zero-order chi connectivity index (χ0) is 15.4. The SMILES string of the molecule is CC(C)CNCc1c(Cl)cccc1N1CC(C)OCC1C. The van der Waals surface area contributed by atoms with Crippen LogP contribution in [-0.4, -0.2) is 31.8 Å². The first-order valence-electron chi connectivity index (χ1n) is 7.85. The lowest BCUT2D eigenvalue weighted by Crippen LogP contribution is -2.48. The highest BCUT2D eigenvalue weighted by Gasteiger charge is 2.25. The number of nitrogens with one attached hydrogen (secondary N) is 1. The van der Waals surface area contributed by atoms with Crippen LogP contribution in [0.15, 0.2) is 18.2 Å². The average molecular weight is 311 g/mol. The molecule has 0 aromatic heterocycles. The highest BCUT2D eigenvalue weighted by Crippen LogP contribution is 2.30. The minimum absolute atomic E-state index is 0.261. The summed E-state index contributed by atoms with van der Waals surface area (Å²) in [6, 6.07) is 6.57. The molecule has 1 saturated heterocycles. The van der Waals surface area contributed by atoms with E-state index in [2.05, 4.69) is 44.0 Å². The van der Waals surface area contributed by atoms with Crippen molar-refractivity contribution in [3.63, 3.8) is 0 Å². The molecule has 21 heavy (non-hydrogen) atoms. The van der Waals surface area contributed by atoms with Crippen molar-refractivity contribution in [3.8, 4) is 0 Å². The number of benzene rings is 1. The van der Waals surface area contributed by atoms with Gasteiger partial charge >= 0.3 is 0 Å². The third-order valence-corrected chi connectivity index (χ3v) is 4.22. The maximum absolute atomic E-state index is 6.45. The largest absolute Gasteiger partial charge is 0.375 e. The van der Waals surface area contributed by atoms with Crippen molar-refractivity contribution in [2.75, 3.05) is 24.6 Å². The molecule has 2 atom stereocenters. The van der Waals surface area contributed by atoms with E-state index >= 15 is 0 Å². The number of nitrogens with zero attached hydrogens (tertiary/aromatic N) is 1. The van der Waals surface area contributed by atoms with Gasteiger partial charge in [-0.05, 0) is 38.4 Å². The molecule has 3 nitrogen and oxygen atoms in total. The summed E-state index contributed by atoms with van der Waals surface area (Å²) in [7, 11) is 0. The Morgan fingerprint density at radius 1 is 1.38 bits per heavy atom.